The number of carbonyl (C=O) groups excluding carboxylic acids is 1. The molecule has 1 aliphatic carbocycles. The van der Waals surface area contributed by atoms with E-state index in [1.165, 1.54) is 44.9 Å². The lowest BCUT2D eigenvalue weighted by molar-refractivity contribution is 0.0985. The Kier molecular flexibility index (Phi) is 6.24. The Bertz CT molecular complexity index is 462. The van der Waals surface area contributed by atoms with Gasteiger partial charge in [0.05, 0.1) is 13.7 Å². The van der Waals surface area contributed by atoms with E-state index in [2.05, 4.69) is 5.32 Å². The molecule has 21 heavy (non-hydrogen) atoms. The van der Waals surface area contributed by atoms with Crippen molar-refractivity contribution in [3.05, 3.63) is 29.3 Å². The molecule has 0 atom stereocenters. The number of carbonyl (C=O) groups is 1. The fourth-order valence-corrected chi connectivity index (χ4v) is 3.05. The Labute approximate surface area is 128 Å². The van der Waals surface area contributed by atoms with Crippen LogP contribution in [0.1, 0.15) is 60.9 Å². The molecule has 0 spiro atoms. The summed E-state index contributed by atoms with van der Waals surface area (Å²) in [5.74, 6) is 1.00. The third-order valence-corrected chi connectivity index (χ3v) is 4.37. The van der Waals surface area contributed by atoms with Crippen LogP contribution >= 0.6 is 0 Å². The molecule has 1 N–H and O–H groups in total. The maximum Gasteiger partial charge on any atom is 0.176 e. The van der Waals surface area contributed by atoms with Crippen LogP contribution in [0.15, 0.2) is 18.2 Å². The first-order valence-corrected chi connectivity index (χ1v) is 8.12. The maximum atomic E-state index is 12.3. The number of benzene rings is 1. The zero-order valence-electron chi connectivity index (χ0n) is 13.3. The number of nitrogens with one attached hydrogen (secondary N) is 1. The molecule has 0 saturated heterocycles. The molecule has 0 amide bonds. The van der Waals surface area contributed by atoms with Crippen LogP contribution in [0.4, 0.5) is 0 Å². The van der Waals surface area contributed by atoms with Crippen LogP contribution in [-0.4, -0.2) is 25.5 Å². The van der Waals surface area contributed by atoms with Gasteiger partial charge in [0.25, 0.3) is 0 Å². The van der Waals surface area contributed by atoms with E-state index >= 15 is 0 Å². The second kappa shape index (κ2) is 8.18. The van der Waals surface area contributed by atoms with Gasteiger partial charge >= 0.3 is 0 Å². The molecule has 0 radical (unpaired) electrons. The molecule has 0 unspecified atom stereocenters. The topological polar surface area (TPSA) is 38.3 Å². The Morgan fingerprint density at radius 2 is 1.86 bits per heavy atom. The number of Topliss-reactive ketones (excluding diaryl/α,β-unsaturated/α-hetero) is 1. The Hall–Kier alpha value is -1.35. The van der Waals surface area contributed by atoms with Crippen molar-refractivity contribution in [2.75, 3.05) is 13.7 Å². The Morgan fingerprint density at radius 1 is 1.19 bits per heavy atom. The smallest absolute Gasteiger partial charge is 0.176 e. The molecule has 1 aromatic rings. The van der Waals surface area contributed by atoms with Gasteiger partial charge in [-0.1, -0.05) is 32.1 Å². The summed E-state index contributed by atoms with van der Waals surface area (Å²) in [5, 5.41) is 3.45. The monoisotopic (exact) mass is 289 g/mol. The zero-order valence-corrected chi connectivity index (χ0v) is 13.3. The van der Waals surface area contributed by atoms with Gasteiger partial charge in [0.15, 0.2) is 5.78 Å². The van der Waals surface area contributed by atoms with Crippen LogP contribution in [0.5, 0.6) is 5.75 Å². The van der Waals surface area contributed by atoms with Crippen molar-refractivity contribution in [2.24, 2.45) is 0 Å². The van der Waals surface area contributed by atoms with Gasteiger partial charge in [-0.2, -0.15) is 0 Å². The lowest BCUT2D eigenvalue weighted by atomic mass is 9.96. The quantitative estimate of drug-likeness (QED) is 0.836. The van der Waals surface area contributed by atoms with E-state index in [-0.39, 0.29) is 5.78 Å². The van der Waals surface area contributed by atoms with Crippen LogP contribution in [0, 0.1) is 6.92 Å². The summed E-state index contributed by atoms with van der Waals surface area (Å²) in [4.78, 5) is 12.3. The van der Waals surface area contributed by atoms with Crippen molar-refractivity contribution in [1.29, 1.82) is 0 Å². The number of rotatable bonds is 5. The third-order valence-electron chi connectivity index (χ3n) is 4.37. The van der Waals surface area contributed by atoms with Crippen molar-refractivity contribution in [3.63, 3.8) is 0 Å². The van der Waals surface area contributed by atoms with E-state index in [9.17, 15) is 4.79 Å². The Morgan fingerprint density at radius 3 is 2.48 bits per heavy atom. The van der Waals surface area contributed by atoms with Crippen LogP contribution in [0.3, 0.4) is 0 Å². The molecule has 2 rings (SSSR count). The fourth-order valence-electron chi connectivity index (χ4n) is 3.05. The maximum absolute atomic E-state index is 12.3. The van der Waals surface area contributed by atoms with Crippen molar-refractivity contribution < 1.29 is 9.53 Å². The van der Waals surface area contributed by atoms with Gasteiger partial charge in [-0.25, -0.2) is 0 Å². The predicted octanol–water partition coefficient (Wildman–Crippen LogP) is 3.89. The highest BCUT2D eigenvalue weighted by atomic mass is 16.5. The van der Waals surface area contributed by atoms with E-state index < -0.39 is 0 Å². The van der Waals surface area contributed by atoms with Gasteiger partial charge < -0.3 is 10.1 Å². The lowest BCUT2D eigenvalue weighted by Gasteiger charge is -2.20. The summed E-state index contributed by atoms with van der Waals surface area (Å²) >= 11 is 0. The minimum Gasteiger partial charge on any atom is -0.496 e. The van der Waals surface area contributed by atoms with Crippen LogP contribution in [0.25, 0.3) is 0 Å². The van der Waals surface area contributed by atoms with E-state index in [1.54, 1.807) is 7.11 Å². The number of aryl methyl sites for hydroxylation is 1. The van der Waals surface area contributed by atoms with Crippen LogP contribution < -0.4 is 10.1 Å². The molecule has 0 heterocycles. The molecule has 116 valence electrons. The van der Waals surface area contributed by atoms with Crippen molar-refractivity contribution >= 4 is 5.78 Å². The van der Waals surface area contributed by atoms with Gasteiger partial charge in [-0.3, -0.25) is 4.79 Å². The first-order chi connectivity index (χ1) is 10.2. The molecular weight excluding hydrogens is 262 g/mol. The summed E-state index contributed by atoms with van der Waals surface area (Å²) in [5.41, 5.74) is 1.78. The summed E-state index contributed by atoms with van der Waals surface area (Å²) in [7, 11) is 1.65. The largest absolute Gasteiger partial charge is 0.496 e. The molecule has 0 aromatic heterocycles. The van der Waals surface area contributed by atoms with E-state index in [4.69, 9.17) is 4.74 Å². The number of hydrogen-bond donors (Lipinski definition) is 1. The molecule has 1 aromatic carbocycles. The van der Waals surface area contributed by atoms with Gasteiger partial charge in [-0.15, -0.1) is 0 Å². The summed E-state index contributed by atoms with van der Waals surface area (Å²) in [6.07, 6.45) is 9.02. The third kappa shape index (κ3) is 4.85. The minimum atomic E-state index is 0.169. The van der Waals surface area contributed by atoms with Crippen molar-refractivity contribution in [3.8, 4) is 5.75 Å². The minimum absolute atomic E-state index is 0.169. The molecule has 3 heteroatoms. The summed E-state index contributed by atoms with van der Waals surface area (Å²) in [6.45, 7) is 2.41. The molecular formula is C18H27NO2. The summed E-state index contributed by atoms with van der Waals surface area (Å²) in [6, 6.07) is 6.15. The normalized spacial score (nSPS) is 17.0. The van der Waals surface area contributed by atoms with Crippen molar-refractivity contribution in [1.82, 2.24) is 5.32 Å². The number of hydrogen-bond acceptors (Lipinski definition) is 3. The lowest BCUT2D eigenvalue weighted by Crippen LogP contribution is -2.34. The number of ether oxygens (including phenoxy) is 1. The standard InChI is InChI=1S/C18H27NO2/c1-14-12-15(10-11-18(14)21-2)17(20)13-19-16-8-6-4-3-5-7-9-16/h10-12,16,19H,3-9,13H2,1-2H3. The fraction of sp³-hybridized carbons (Fsp3) is 0.611. The first kappa shape index (κ1) is 16.0. The highest BCUT2D eigenvalue weighted by Gasteiger charge is 2.13. The van der Waals surface area contributed by atoms with Crippen LogP contribution in [-0.2, 0) is 0 Å². The highest BCUT2D eigenvalue weighted by Crippen LogP contribution is 2.19. The van der Waals surface area contributed by atoms with Gasteiger partial charge in [0, 0.05) is 11.6 Å². The number of ketones is 1. The second-order valence-electron chi connectivity index (χ2n) is 6.03. The van der Waals surface area contributed by atoms with E-state index in [1.807, 2.05) is 25.1 Å². The predicted molar refractivity (Wildman–Crippen MR) is 86.2 cm³/mol. The SMILES string of the molecule is COc1ccc(C(=O)CNC2CCCCCCC2)cc1C. The molecule has 1 saturated carbocycles. The molecule has 1 fully saturated rings. The second-order valence-corrected chi connectivity index (χ2v) is 6.03. The summed E-state index contributed by atoms with van der Waals surface area (Å²) < 4.78 is 5.23. The first-order valence-electron chi connectivity index (χ1n) is 8.12. The molecule has 0 aliphatic heterocycles. The van der Waals surface area contributed by atoms with Gasteiger partial charge in [0.1, 0.15) is 5.75 Å². The van der Waals surface area contributed by atoms with Gasteiger partial charge in [-0.05, 0) is 43.5 Å². The molecule has 1 aliphatic rings. The average molecular weight is 289 g/mol. The van der Waals surface area contributed by atoms with E-state index in [0.29, 0.717) is 12.6 Å². The highest BCUT2D eigenvalue weighted by molar-refractivity contribution is 5.98. The van der Waals surface area contributed by atoms with Crippen molar-refractivity contribution in [2.45, 2.75) is 57.9 Å². The Balaban J connectivity index is 1.87. The molecule has 0 bridgehead atoms. The average Bonchev–Trinajstić information content (AvgIpc) is 2.45. The zero-order chi connectivity index (χ0) is 15.1. The molecule has 3 nitrogen and oxygen atoms in total. The number of methoxy groups -OCH3 is 1. The van der Waals surface area contributed by atoms with Gasteiger partial charge in [0.2, 0.25) is 0 Å². The van der Waals surface area contributed by atoms with Crippen LogP contribution in [0.2, 0.25) is 0 Å². The van der Waals surface area contributed by atoms with E-state index in [0.717, 1.165) is 16.9 Å².